The van der Waals surface area contributed by atoms with Crippen molar-refractivity contribution < 1.29 is 9.47 Å². The van der Waals surface area contributed by atoms with Gasteiger partial charge in [-0.25, -0.2) is 0 Å². The minimum atomic E-state index is 0.390. The van der Waals surface area contributed by atoms with Crippen LogP contribution in [0.2, 0.25) is 0 Å². The Balaban J connectivity index is 1.99. The van der Waals surface area contributed by atoms with Crippen molar-refractivity contribution in [1.82, 2.24) is 4.98 Å². The molecule has 2 rings (SSSR count). The van der Waals surface area contributed by atoms with E-state index in [0.717, 1.165) is 17.2 Å². The van der Waals surface area contributed by atoms with Crippen molar-refractivity contribution >= 4 is 5.69 Å². The number of rotatable bonds is 5. The Kier molecular flexibility index (Phi) is 4.02. The van der Waals surface area contributed by atoms with E-state index in [0.29, 0.717) is 18.9 Å². The van der Waals surface area contributed by atoms with Gasteiger partial charge >= 0.3 is 0 Å². The maximum absolute atomic E-state index is 5.68. The number of nitrogens with zero attached hydrogens (tertiary/aromatic N) is 1. The van der Waals surface area contributed by atoms with Crippen LogP contribution in [0, 0.1) is 0 Å². The van der Waals surface area contributed by atoms with Crippen LogP contribution in [0.5, 0.6) is 11.5 Å². The number of pyridine rings is 1. The monoisotopic (exact) mass is 244 g/mol. The van der Waals surface area contributed by atoms with Gasteiger partial charge in [0.15, 0.2) is 0 Å². The van der Waals surface area contributed by atoms with Crippen molar-refractivity contribution in [3.05, 3.63) is 48.3 Å². The number of nitrogen functional groups attached to an aromatic ring is 1. The molecule has 94 valence electrons. The Hall–Kier alpha value is -2.23. The van der Waals surface area contributed by atoms with E-state index in [1.54, 1.807) is 18.3 Å². The summed E-state index contributed by atoms with van der Waals surface area (Å²) in [5.41, 5.74) is 7.17. The number of hydrogen-bond donors (Lipinski definition) is 1. The number of ether oxygens (including phenoxy) is 2. The van der Waals surface area contributed by atoms with E-state index in [-0.39, 0.29) is 0 Å². The highest BCUT2D eigenvalue weighted by molar-refractivity contribution is 5.37. The molecule has 1 heterocycles. The second kappa shape index (κ2) is 5.91. The maximum Gasteiger partial charge on any atom is 0.130 e. The summed E-state index contributed by atoms with van der Waals surface area (Å²) in [5.74, 6) is 1.56. The lowest BCUT2D eigenvalue weighted by molar-refractivity contribution is 0.295. The Bertz CT molecular complexity index is 515. The van der Waals surface area contributed by atoms with Gasteiger partial charge in [-0.2, -0.15) is 0 Å². The van der Waals surface area contributed by atoms with Gasteiger partial charge in [-0.3, -0.25) is 4.98 Å². The number of aromatic nitrogens is 1. The molecule has 4 heteroatoms. The normalized spacial score (nSPS) is 10.1. The summed E-state index contributed by atoms with van der Waals surface area (Å²) in [4.78, 5) is 4.18. The quantitative estimate of drug-likeness (QED) is 0.878. The van der Waals surface area contributed by atoms with Crippen molar-refractivity contribution in [2.75, 3.05) is 12.3 Å². The molecule has 0 unspecified atom stereocenters. The third-order valence-corrected chi connectivity index (χ3v) is 2.34. The predicted molar refractivity (Wildman–Crippen MR) is 70.6 cm³/mol. The van der Waals surface area contributed by atoms with Gasteiger partial charge in [0, 0.05) is 18.0 Å². The van der Waals surface area contributed by atoms with Gasteiger partial charge in [-0.1, -0.05) is 6.07 Å². The Labute approximate surface area is 106 Å². The lowest BCUT2D eigenvalue weighted by Gasteiger charge is -2.08. The van der Waals surface area contributed by atoms with Crippen LogP contribution in [-0.4, -0.2) is 11.6 Å². The fourth-order valence-electron chi connectivity index (χ4n) is 1.55. The maximum atomic E-state index is 5.68. The fraction of sp³-hybridized carbons (Fsp3) is 0.214. The summed E-state index contributed by atoms with van der Waals surface area (Å²) in [7, 11) is 0. The minimum absolute atomic E-state index is 0.390. The molecule has 0 spiro atoms. The summed E-state index contributed by atoms with van der Waals surface area (Å²) < 4.78 is 11.0. The van der Waals surface area contributed by atoms with Gasteiger partial charge in [-0.05, 0) is 31.2 Å². The highest BCUT2D eigenvalue weighted by Gasteiger charge is 1.99. The van der Waals surface area contributed by atoms with Gasteiger partial charge < -0.3 is 15.2 Å². The Morgan fingerprint density at radius 1 is 1.11 bits per heavy atom. The molecule has 0 radical (unpaired) electrons. The summed E-state index contributed by atoms with van der Waals surface area (Å²) in [6, 6.07) is 11.1. The molecule has 1 aromatic heterocycles. The van der Waals surface area contributed by atoms with Crippen molar-refractivity contribution in [1.29, 1.82) is 0 Å². The van der Waals surface area contributed by atoms with E-state index in [4.69, 9.17) is 15.2 Å². The molecule has 0 aliphatic rings. The zero-order valence-electron chi connectivity index (χ0n) is 10.3. The summed E-state index contributed by atoms with van der Waals surface area (Å²) >= 11 is 0. The van der Waals surface area contributed by atoms with Crippen molar-refractivity contribution in [2.24, 2.45) is 0 Å². The standard InChI is InChI=1S/C14H16N2O2/c1-2-17-13-4-3-5-14(9-13)18-10-12-8-11(15)6-7-16-12/h3-9H,2,10H2,1H3,(H2,15,16). The van der Waals surface area contributed by atoms with E-state index < -0.39 is 0 Å². The number of anilines is 1. The molecular formula is C14H16N2O2. The zero-order chi connectivity index (χ0) is 12.8. The van der Waals surface area contributed by atoms with Crippen molar-refractivity contribution in [2.45, 2.75) is 13.5 Å². The first kappa shape index (κ1) is 12.2. The van der Waals surface area contributed by atoms with E-state index >= 15 is 0 Å². The van der Waals surface area contributed by atoms with Gasteiger partial charge in [0.25, 0.3) is 0 Å². The second-order valence-electron chi connectivity index (χ2n) is 3.78. The van der Waals surface area contributed by atoms with Crippen molar-refractivity contribution in [3.8, 4) is 11.5 Å². The van der Waals surface area contributed by atoms with Crippen molar-refractivity contribution in [3.63, 3.8) is 0 Å². The fourth-order valence-corrected chi connectivity index (χ4v) is 1.55. The molecule has 1 aromatic carbocycles. The molecule has 0 bridgehead atoms. The minimum Gasteiger partial charge on any atom is -0.494 e. The van der Waals surface area contributed by atoms with Gasteiger partial charge in [-0.15, -0.1) is 0 Å². The molecule has 18 heavy (non-hydrogen) atoms. The van der Waals surface area contributed by atoms with Crippen LogP contribution in [0.4, 0.5) is 5.69 Å². The van der Waals surface area contributed by atoms with Crippen LogP contribution in [0.15, 0.2) is 42.6 Å². The van der Waals surface area contributed by atoms with Crippen LogP contribution < -0.4 is 15.2 Å². The second-order valence-corrected chi connectivity index (χ2v) is 3.78. The third kappa shape index (κ3) is 3.38. The molecule has 4 nitrogen and oxygen atoms in total. The molecule has 0 saturated heterocycles. The van der Waals surface area contributed by atoms with Crippen LogP contribution >= 0.6 is 0 Å². The van der Waals surface area contributed by atoms with Crippen LogP contribution in [-0.2, 0) is 6.61 Å². The molecule has 0 amide bonds. The molecule has 2 aromatic rings. The van der Waals surface area contributed by atoms with Crippen LogP contribution in [0.1, 0.15) is 12.6 Å². The summed E-state index contributed by atoms with van der Waals surface area (Å²) in [6.45, 7) is 2.98. The highest BCUT2D eigenvalue weighted by atomic mass is 16.5. The SMILES string of the molecule is CCOc1cccc(OCc2cc(N)ccn2)c1. The first-order valence-electron chi connectivity index (χ1n) is 5.84. The first-order chi connectivity index (χ1) is 8.78. The van der Waals surface area contributed by atoms with Crippen LogP contribution in [0.3, 0.4) is 0 Å². The topological polar surface area (TPSA) is 57.4 Å². The molecule has 0 aliphatic heterocycles. The smallest absolute Gasteiger partial charge is 0.130 e. The molecule has 0 atom stereocenters. The molecule has 0 saturated carbocycles. The first-order valence-corrected chi connectivity index (χ1v) is 5.84. The zero-order valence-corrected chi connectivity index (χ0v) is 10.3. The summed E-state index contributed by atoms with van der Waals surface area (Å²) in [6.07, 6.45) is 1.67. The predicted octanol–water partition coefficient (Wildman–Crippen LogP) is 2.64. The molecule has 0 aliphatic carbocycles. The average molecular weight is 244 g/mol. The number of benzene rings is 1. The molecule has 0 fully saturated rings. The van der Waals surface area contributed by atoms with E-state index in [1.807, 2.05) is 31.2 Å². The summed E-state index contributed by atoms with van der Waals surface area (Å²) in [5, 5.41) is 0. The number of hydrogen-bond acceptors (Lipinski definition) is 4. The van der Waals surface area contributed by atoms with Crippen LogP contribution in [0.25, 0.3) is 0 Å². The van der Waals surface area contributed by atoms with Gasteiger partial charge in [0.2, 0.25) is 0 Å². The van der Waals surface area contributed by atoms with E-state index in [1.165, 1.54) is 0 Å². The number of nitrogens with two attached hydrogens (primary N) is 1. The largest absolute Gasteiger partial charge is 0.494 e. The Morgan fingerprint density at radius 3 is 2.61 bits per heavy atom. The van der Waals surface area contributed by atoms with Gasteiger partial charge in [0.05, 0.1) is 12.3 Å². The Morgan fingerprint density at radius 2 is 1.89 bits per heavy atom. The lowest BCUT2D eigenvalue weighted by atomic mass is 10.3. The third-order valence-electron chi connectivity index (χ3n) is 2.34. The average Bonchev–Trinajstić information content (AvgIpc) is 2.37. The van der Waals surface area contributed by atoms with E-state index in [9.17, 15) is 0 Å². The highest BCUT2D eigenvalue weighted by Crippen LogP contribution is 2.20. The molecular weight excluding hydrogens is 228 g/mol. The van der Waals surface area contributed by atoms with E-state index in [2.05, 4.69) is 4.98 Å². The molecule has 2 N–H and O–H groups in total. The lowest BCUT2D eigenvalue weighted by Crippen LogP contribution is -1.99. The van der Waals surface area contributed by atoms with Gasteiger partial charge in [0.1, 0.15) is 18.1 Å².